The number of amides is 1. The Bertz CT molecular complexity index is 469. The second-order valence-corrected chi connectivity index (χ2v) is 5.10. The summed E-state index contributed by atoms with van der Waals surface area (Å²) in [7, 11) is 1.52. The predicted molar refractivity (Wildman–Crippen MR) is 69.2 cm³/mol. The topological polar surface area (TPSA) is 41.6 Å². The van der Waals surface area contributed by atoms with Crippen LogP contribution in [0.4, 0.5) is 5.69 Å². The summed E-state index contributed by atoms with van der Waals surface area (Å²) in [6.07, 6.45) is 2.68. The van der Waals surface area contributed by atoms with Gasteiger partial charge < -0.3 is 10.1 Å². The van der Waals surface area contributed by atoms with Gasteiger partial charge in [0, 0.05) is 31.9 Å². The number of carbonyl (C=O) groups excluding carboxylic acids is 1. The van der Waals surface area contributed by atoms with E-state index in [0.717, 1.165) is 24.8 Å². The van der Waals surface area contributed by atoms with Gasteiger partial charge >= 0.3 is 0 Å². The first kappa shape index (κ1) is 11.7. The summed E-state index contributed by atoms with van der Waals surface area (Å²) in [5, 5.41) is 2.85. The van der Waals surface area contributed by atoms with Crippen LogP contribution in [0.2, 0.25) is 0 Å². The minimum absolute atomic E-state index is 0.102. The van der Waals surface area contributed by atoms with Crippen LogP contribution in [0.5, 0.6) is 0 Å². The summed E-state index contributed by atoms with van der Waals surface area (Å²) < 4.78 is 4.80. The Morgan fingerprint density at radius 1 is 1.39 bits per heavy atom. The number of benzene rings is 1. The smallest absolute Gasteiger partial charge is 0.250 e. The number of methoxy groups -OCH3 is 1. The van der Waals surface area contributed by atoms with Gasteiger partial charge in [-0.25, -0.2) is 0 Å². The van der Waals surface area contributed by atoms with Crippen molar-refractivity contribution in [2.45, 2.75) is 32.0 Å². The highest BCUT2D eigenvalue weighted by Gasteiger charge is 2.32. The molecular formula is C14H18N2O2. The first-order chi connectivity index (χ1) is 8.76. The van der Waals surface area contributed by atoms with Gasteiger partial charge in [0.2, 0.25) is 5.91 Å². The van der Waals surface area contributed by atoms with E-state index in [9.17, 15) is 4.79 Å². The molecular weight excluding hydrogens is 228 g/mol. The molecule has 18 heavy (non-hydrogen) atoms. The average molecular weight is 246 g/mol. The normalized spacial score (nSPS) is 18.7. The van der Waals surface area contributed by atoms with E-state index in [0.29, 0.717) is 0 Å². The van der Waals surface area contributed by atoms with Crippen LogP contribution in [0, 0.1) is 0 Å². The van der Waals surface area contributed by atoms with Crippen LogP contribution in [0.1, 0.15) is 24.0 Å². The van der Waals surface area contributed by atoms with Gasteiger partial charge in [-0.05, 0) is 36.1 Å². The van der Waals surface area contributed by atoms with E-state index in [4.69, 9.17) is 4.74 Å². The molecule has 4 heteroatoms. The molecule has 1 heterocycles. The molecule has 1 amide bonds. The molecule has 1 aromatic rings. The molecule has 0 spiro atoms. The van der Waals surface area contributed by atoms with Gasteiger partial charge in [-0.2, -0.15) is 0 Å². The van der Waals surface area contributed by atoms with Crippen molar-refractivity contribution in [1.29, 1.82) is 0 Å². The van der Waals surface area contributed by atoms with Crippen LogP contribution in [-0.4, -0.2) is 30.6 Å². The van der Waals surface area contributed by atoms with E-state index in [1.807, 2.05) is 6.07 Å². The molecule has 4 nitrogen and oxygen atoms in total. The molecule has 2 aliphatic rings. The molecule has 1 saturated carbocycles. The first-order valence-corrected chi connectivity index (χ1v) is 6.41. The van der Waals surface area contributed by atoms with Crippen molar-refractivity contribution in [3.8, 4) is 0 Å². The Labute approximate surface area is 107 Å². The number of ether oxygens (including phenoxy) is 1. The van der Waals surface area contributed by atoms with Crippen LogP contribution < -0.4 is 5.32 Å². The second-order valence-electron chi connectivity index (χ2n) is 5.10. The number of hydrogen-bond acceptors (Lipinski definition) is 3. The Hall–Kier alpha value is -1.39. The van der Waals surface area contributed by atoms with Crippen molar-refractivity contribution >= 4 is 11.6 Å². The Kier molecular flexibility index (Phi) is 3.06. The largest absolute Gasteiger partial charge is 0.375 e. The van der Waals surface area contributed by atoms with Crippen molar-refractivity contribution in [1.82, 2.24) is 4.90 Å². The van der Waals surface area contributed by atoms with E-state index >= 15 is 0 Å². The van der Waals surface area contributed by atoms with Gasteiger partial charge in [-0.15, -0.1) is 0 Å². The molecule has 1 N–H and O–H groups in total. The fraction of sp³-hybridized carbons (Fsp3) is 0.500. The molecule has 3 rings (SSSR count). The fourth-order valence-electron chi connectivity index (χ4n) is 2.52. The van der Waals surface area contributed by atoms with Gasteiger partial charge in [0.1, 0.15) is 6.61 Å². The number of fused-ring (bicyclic) bond motifs is 1. The third-order valence-corrected chi connectivity index (χ3v) is 3.58. The second kappa shape index (κ2) is 4.71. The monoisotopic (exact) mass is 246 g/mol. The number of carbonyl (C=O) groups is 1. The van der Waals surface area contributed by atoms with E-state index in [2.05, 4.69) is 22.3 Å². The molecule has 0 unspecified atom stereocenters. The summed E-state index contributed by atoms with van der Waals surface area (Å²) >= 11 is 0. The number of hydrogen-bond donors (Lipinski definition) is 1. The van der Waals surface area contributed by atoms with E-state index in [1.165, 1.54) is 31.1 Å². The van der Waals surface area contributed by atoms with Gasteiger partial charge in [0.15, 0.2) is 0 Å². The Balaban J connectivity index is 1.68. The molecule has 1 aliphatic carbocycles. The maximum absolute atomic E-state index is 11.4. The van der Waals surface area contributed by atoms with E-state index in [-0.39, 0.29) is 12.5 Å². The van der Waals surface area contributed by atoms with Crippen LogP contribution in [0.25, 0.3) is 0 Å². The van der Waals surface area contributed by atoms with Gasteiger partial charge in [0.05, 0.1) is 0 Å². The van der Waals surface area contributed by atoms with Crippen molar-refractivity contribution in [3.63, 3.8) is 0 Å². The maximum atomic E-state index is 11.4. The SMILES string of the molecule is COCC(=O)Nc1ccc2c(c1)CN(C1CC1)C2. The number of rotatable bonds is 4. The standard InChI is InChI=1S/C14H18N2O2/c1-18-9-14(17)15-12-3-2-10-7-16(13-4-5-13)8-11(10)6-12/h2-3,6,13H,4-5,7-9H2,1H3,(H,15,17). The Morgan fingerprint density at radius 2 is 2.17 bits per heavy atom. The van der Waals surface area contributed by atoms with Crippen LogP contribution in [0.3, 0.4) is 0 Å². The van der Waals surface area contributed by atoms with Crippen LogP contribution >= 0.6 is 0 Å². The first-order valence-electron chi connectivity index (χ1n) is 6.41. The minimum Gasteiger partial charge on any atom is -0.375 e. The Morgan fingerprint density at radius 3 is 2.89 bits per heavy atom. The lowest BCUT2D eigenvalue weighted by molar-refractivity contribution is -0.119. The number of nitrogens with one attached hydrogen (secondary N) is 1. The molecule has 1 aliphatic heterocycles. The molecule has 0 atom stereocenters. The van der Waals surface area contributed by atoms with Crippen molar-refractivity contribution in [2.24, 2.45) is 0 Å². The molecule has 0 bridgehead atoms. The van der Waals surface area contributed by atoms with E-state index in [1.54, 1.807) is 0 Å². The quantitative estimate of drug-likeness (QED) is 0.880. The summed E-state index contributed by atoms with van der Waals surface area (Å²) in [5.41, 5.74) is 3.61. The molecule has 0 radical (unpaired) electrons. The highest BCUT2D eigenvalue weighted by atomic mass is 16.5. The third kappa shape index (κ3) is 2.40. The average Bonchev–Trinajstić information content (AvgIpc) is 3.10. The zero-order valence-electron chi connectivity index (χ0n) is 10.6. The lowest BCUT2D eigenvalue weighted by Gasteiger charge is -2.12. The van der Waals surface area contributed by atoms with Crippen LogP contribution in [-0.2, 0) is 22.6 Å². The maximum Gasteiger partial charge on any atom is 0.250 e. The lowest BCUT2D eigenvalue weighted by Crippen LogP contribution is -2.18. The number of nitrogens with zero attached hydrogens (tertiary/aromatic N) is 1. The van der Waals surface area contributed by atoms with Crippen LogP contribution in [0.15, 0.2) is 18.2 Å². The lowest BCUT2D eigenvalue weighted by atomic mass is 10.1. The minimum atomic E-state index is -0.102. The summed E-state index contributed by atoms with van der Waals surface area (Å²) in [5.74, 6) is -0.102. The predicted octanol–water partition coefficient (Wildman–Crippen LogP) is 1.75. The van der Waals surface area contributed by atoms with Gasteiger partial charge in [-0.1, -0.05) is 6.07 Å². The fourth-order valence-corrected chi connectivity index (χ4v) is 2.52. The summed E-state index contributed by atoms with van der Waals surface area (Å²) in [6.45, 7) is 2.19. The zero-order chi connectivity index (χ0) is 12.5. The highest BCUT2D eigenvalue weighted by molar-refractivity contribution is 5.91. The van der Waals surface area contributed by atoms with Gasteiger partial charge in [-0.3, -0.25) is 9.69 Å². The molecule has 1 aromatic carbocycles. The molecule has 1 fully saturated rings. The third-order valence-electron chi connectivity index (χ3n) is 3.58. The van der Waals surface area contributed by atoms with E-state index < -0.39 is 0 Å². The zero-order valence-corrected chi connectivity index (χ0v) is 10.6. The number of anilines is 1. The highest BCUT2D eigenvalue weighted by Crippen LogP contribution is 2.35. The van der Waals surface area contributed by atoms with Crippen molar-refractivity contribution < 1.29 is 9.53 Å². The summed E-state index contributed by atoms with van der Waals surface area (Å²) in [6, 6.07) is 6.98. The summed E-state index contributed by atoms with van der Waals surface area (Å²) in [4.78, 5) is 14.0. The van der Waals surface area contributed by atoms with Crippen molar-refractivity contribution in [3.05, 3.63) is 29.3 Å². The molecule has 96 valence electrons. The van der Waals surface area contributed by atoms with Gasteiger partial charge in [0.25, 0.3) is 0 Å². The molecule has 0 aromatic heterocycles. The molecule has 0 saturated heterocycles. The van der Waals surface area contributed by atoms with Crippen molar-refractivity contribution in [2.75, 3.05) is 19.0 Å².